The van der Waals surface area contributed by atoms with Crippen LogP contribution in [0.25, 0.3) is 22.6 Å². The molecule has 27 heavy (non-hydrogen) atoms. The van der Waals surface area contributed by atoms with E-state index in [0.29, 0.717) is 17.0 Å². The van der Waals surface area contributed by atoms with Crippen molar-refractivity contribution in [2.24, 2.45) is 0 Å². The molecule has 5 heteroatoms. The normalized spacial score (nSPS) is 13.4. The van der Waals surface area contributed by atoms with Crippen molar-refractivity contribution < 1.29 is 14.0 Å². The summed E-state index contributed by atoms with van der Waals surface area (Å²) in [5, 5.41) is 0. The van der Waals surface area contributed by atoms with Crippen LogP contribution >= 0.6 is 0 Å². The van der Waals surface area contributed by atoms with Gasteiger partial charge in [-0.25, -0.2) is 4.98 Å². The Bertz CT molecular complexity index is 1120. The van der Waals surface area contributed by atoms with E-state index in [4.69, 9.17) is 4.42 Å². The van der Waals surface area contributed by atoms with Crippen molar-refractivity contribution in [3.63, 3.8) is 0 Å². The first-order valence-corrected chi connectivity index (χ1v) is 8.61. The highest BCUT2D eigenvalue weighted by molar-refractivity contribution is 6.21. The van der Waals surface area contributed by atoms with Crippen molar-refractivity contribution in [2.45, 2.75) is 6.54 Å². The minimum atomic E-state index is -0.251. The van der Waals surface area contributed by atoms with Crippen LogP contribution in [-0.2, 0) is 6.54 Å². The largest absolute Gasteiger partial charge is 0.436 e. The average Bonchev–Trinajstić information content (AvgIpc) is 3.24. The van der Waals surface area contributed by atoms with E-state index in [1.807, 2.05) is 48.5 Å². The third-order valence-corrected chi connectivity index (χ3v) is 4.71. The number of benzene rings is 3. The molecule has 0 saturated heterocycles. The smallest absolute Gasteiger partial charge is 0.261 e. The number of nitrogens with zero attached hydrogens (tertiary/aromatic N) is 2. The fourth-order valence-electron chi connectivity index (χ4n) is 3.31. The summed E-state index contributed by atoms with van der Waals surface area (Å²) < 4.78 is 5.77. The highest BCUT2D eigenvalue weighted by Gasteiger charge is 2.34. The van der Waals surface area contributed by atoms with E-state index in [1.165, 1.54) is 4.90 Å². The first kappa shape index (κ1) is 15.5. The number of amides is 2. The molecule has 0 atom stereocenters. The SMILES string of the molecule is O=C1c2ccccc2C(=O)N1Cc1ccc(-c2nc3ccccc3o2)cc1. The molecular weight excluding hydrogens is 340 g/mol. The molecule has 0 aliphatic carbocycles. The van der Waals surface area contributed by atoms with Crippen LogP contribution < -0.4 is 0 Å². The quantitative estimate of drug-likeness (QED) is 0.515. The van der Waals surface area contributed by atoms with Crippen LogP contribution in [-0.4, -0.2) is 21.7 Å². The second-order valence-electron chi connectivity index (χ2n) is 6.43. The number of fused-ring (bicyclic) bond motifs is 2. The van der Waals surface area contributed by atoms with Gasteiger partial charge in [-0.05, 0) is 42.0 Å². The van der Waals surface area contributed by atoms with Gasteiger partial charge in [0.25, 0.3) is 11.8 Å². The summed E-state index contributed by atoms with van der Waals surface area (Å²) in [7, 11) is 0. The minimum absolute atomic E-state index is 0.236. The lowest BCUT2D eigenvalue weighted by molar-refractivity contribution is 0.0642. The molecule has 5 rings (SSSR count). The lowest BCUT2D eigenvalue weighted by Gasteiger charge is -2.13. The fraction of sp³-hybridized carbons (Fsp3) is 0.0455. The zero-order chi connectivity index (χ0) is 18.4. The molecule has 3 aromatic carbocycles. The summed E-state index contributed by atoms with van der Waals surface area (Å²) in [6, 6.07) is 22.0. The third-order valence-electron chi connectivity index (χ3n) is 4.71. The molecule has 2 heterocycles. The Morgan fingerprint density at radius 2 is 1.41 bits per heavy atom. The summed E-state index contributed by atoms with van der Waals surface area (Å²) in [4.78, 5) is 30.7. The summed E-state index contributed by atoms with van der Waals surface area (Å²) in [6.07, 6.45) is 0. The number of aromatic nitrogens is 1. The molecular formula is C22H14N2O3. The van der Waals surface area contributed by atoms with Crippen LogP contribution in [0.2, 0.25) is 0 Å². The number of para-hydroxylation sites is 2. The van der Waals surface area contributed by atoms with E-state index in [-0.39, 0.29) is 18.4 Å². The molecule has 0 unspecified atom stereocenters. The van der Waals surface area contributed by atoms with Gasteiger partial charge >= 0.3 is 0 Å². The predicted octanol–water partition coefficient (Wildman–Crippen LogP) is 4.29. The molecule has 0 N–H and O–H groups in total. The highest BCUT2D eigenvalue weighted by Crippen LogP contribution is 2.27. The monoisotopic (exact) mass is 354 g/mol. The van der Waals surface area contributed by atoms with Crippen LogP contribution in [0, 0.1) is 0 Å². The summed E-state index contributed by atoms with van der Waals surface area (Å²) in [6.45, 7) is 0.236. The second-order valence-corrected chi connectivity index (χ2v) is 6.43. The number of carbonyl (C=O) groups excluding carboxylic acids is 2. The Morgan fingerprint density at radius 1 is 0.778 bits per heavy atom. The van der Waals surface area contributed by atoms with Crippen molar-refractivity contribution in [1.29, 1.82) is 0 Å². The van der Waals surface area contributed by atoms with Gasteiger partial charge in [-0.2, -0.15) is 0 Å². The number of carbonyl (C=O) groups is 2. The van der Waals surface area contributed by atoms with Gasteiger partial charge in [-0.3, -0.25) is 14.5 Å². The van der Waals surface area contributed by atoms with Gasteiger partial charge in [-0.15, -0.1) is 0 Å². The van der Waals surface area contributed by atoms with Crippen molar-refractivity contribution in [1.82, 2.24) is 9.88 Å². The van der Waals surface area contributed by atoms with Crippen molar-refractivity contribution >= 4 is 22.9 Å². The van der Waals surface area contributed by atoms with Gasteiger partial charge in [0, 0.05) is 5.56 Å². The molecule has 0 bridgehead atoms. The van der Waals surface area contributed by atoms with E-state index in [9.17, 15) is 9.59 Å². The van der Waals surface area contributed by atoms with Crippen LogP contribution in [0.4, 0.5) is 0 Å². The summed E-state index contributed by atoms with van der Waals surface area (Å²) >= 11 is 0. The highest BCUT2D eigenvalue weighted by atomic mass is 16.3. The third kappa shape index (κ3) is 2.52. The molecule has 0 saturated carbocycles. The maximum atomic E-state index is 12.5. The van der Waals surface area contributed by atoms with Crippen LogP contribution in [0.15, 0.2) is 77.2 Å². The summed E-state index contributed by atoms with van der Waals surface area (Å²) in [5.74, 6) is 0.0423. The van der Waals surface area contributed by atoms with E-state index in [1.54, 1.807) is 24.3 Å². The van der Waals surface area contributed by atoms with Crippen LogP contribution in [0.3, 0.4) is 0 Å². The number of oxazole rings is 1. The second kappa shape index (κ2) is 5.92. The number of hydrogen-bond acceptors (Lipinski definition) is 4. The van der Waals surface area contributed by atoms with E-state index in [0.717, 1.165) is 22.2 Å². The maximum absolute atomic E-state index is 12.5. The number of hydrogen-bond donors (Lipinski definition) is 0. The lowest BCUT2D eigenvalue weighted by atomic mass is 10.1. The molecule has 4 aromatic rings. The van der Waals surface area contributed by atoms with E-state index in [2.05, 4.69) is 4.98 Å². The van der Waals surface area contributed by atoms with Crippen LogP contribution in [0.1, 0.15) is 26.3 Å². The van der Waals surface area contributed by atoms with Crippen molar-refractivity contribution in [2.75, 3.05) is 0 Å². The zero-order valence-electron chi connectivity index (χ0n) is 14.3. The summed E-state index contributed by atoms with van der Waals surface area (Å²) in [5.41, 5.74) is 4.18. The Hall–Kier alpha value is -3.73. The van der Waals surface area contributed by atoms with Gasteiger partial charge in [0.1, 0.15) is 5.52 Å². The molecule has 0 fully saturated rings. The van der Waals surface area contributed by atoms with E-state index >= 15 is 0 Å². The van der Waals surface area contributed by atoms with Gasteiger partial charge in [-0.1, -0.05) is 36.4 Å². The molecule has 0 spiro atoms. The maximum Gasteiger partial charge on any atom is 0.261 e. The topological polar surface area (TPSA) is 63.4 Å². The number of rotatable bonds is 3. The molecule has 2 amide bonds. The van der Waals surface area contributed by atoms with Gasteiger partial charge in [0.05, 0.1) is 17.7 Å². The fourth-order valence-corrected chi connectivity index (χ4v) is 3.31. The Kier molecular flexibility index (Phi) is 3.40. The zero-order valence-corrected chi connectivity index (χ0v) is 14.3. The minimum Gasteiger partial charge on any atom is -0.436 e. The number of imide groups is 1. The van der Waals surface area contributed by atoms with E-state index < -0.39 is 0 Å². The van der Waals surface area contributed by atoms with Crippen molar-refractivity contribution in [3.05, 3.63) is 89.5 Å². The van der Waals surface area contributed by atoms with Gasteiger partial charge in [0.15, 0.2) is 5.58 Å². The van der Waals surface area contributed by atoms with Gasteiger partial charge in [0.2, 0.25) is 5.89 Å². The lowest BCUT2D eigenvalue weighted by Crippen LogP contribution is -2.29. The first-order chi connectivity index (χ1) is 13.2. The predicted molar refractivity (Wildman–Crippen MR) is 100 cm³/mol. The molecule has 1 aliphatic heterocycles. The standard InChI is InChI=1S/C22H14N2O3/c25-21-16-5-1-2-6-17(16)22(26)24(21)13-14-9-11-15(12-10-14)20-23-18-7-3-4-8-19(18)27-20/h1-12H,13H2. The first-order valence-electron chi connectivity index (χ1n) is 8.61. The Labute approximate surface area is 154 Å². The van der Waals surface area contributed by atoms with Gasteiger partial charge < -0.3 is 4.42 Å². The van der Waals surface area contributed by atoms with Crippen molar-refractivity contribution in [3.8, 4) is 11.5 Å². The molecule has 5 nitrogen and oxygen atoms in total. The molecule has 0 radical (unpaired) electrons. The average molecular weight is 354 g/mol. The Morgan fingerprint density at radius 3 is 2.07 bits per heavy atom. The molecule has 1 aromatic heterocycles. The van der Waals surface area contributed by atoms with Crippen LogP contribution in [0.5, 0.6) is 0 Å². The molecule has 1 aliphatic rings. The molecule has 130 valence electrons. The Balaban J connectivity index is 1.40.